The van der Waals surface area contributed by atoms with E-state index >= 15 is 0 Å². The highest BCUT2D eigenvalue weighted by Gasteiger charge is 2.25. The lowest BCUT2D eigenvalue weighted by Gasteiger charge is -2.28. The summed E-state index contributed by atoms with van der Waals surface area (Å²) in [7, 11) is 0. The number of carbonyl (C=O) groups excluding carboxylic acids is 2. The topological polar surface area (TPSA) is 61.4 Å². The van der Waals surface area contributed by atoms with Gasteiger partial charge in [0.05, 0.1) is 11.3 Å². The number of hydrogen-bond acceptors (Lipinski definition) is 3. The first-order chi connectivity index (χ1) is 12.5. The first kappa shape index (κ1) is 19.2. The van der Waals surface area contributed by atoms with Gasteiger partial charge in [0.25, 0.3) is 5.91 Å². The monoisotopic (exact) mass is 377 g/mol. The molecule has 0 aromatic heterocycles. The maximum absolute atomic E-state index is 12.8. The van der Waals surface area contributed by atoms with E-state index in [1.54, 1.807) is 18.2 Å². The van der Waals surface area contributed by atoms with Crippen molar-refractivity contribution in [2.45, 2.75) is 39.0 Å². The lowest BCUT2D eigenvalue weighted by molar-refractivity contribution is -0.117. The SMILES string of the molecule is CC(CC(=O)Nc1ccc(Cl)cc1C(=O)N1CCCC1)C1CCNCC1. The largest absolute Gasteiger partial charge is 0.339 e. The molecule has 0 radical (unpaired) electrons. The Morgan fingerprint density at radius 2 is 1.96 bits per heavy atom. The van der Waals surface area contributed by atoms with Gasteiger partial charge in [-0.05, 0) is 68.8 Å². The van der Waals surface area contributed by atoms with Gasteiger partial charge in [-0.3, -0.25) is 9.59 Å². The zero-order chi connectivity index (χ0) is 18.5. The van der Waals surface area contributed by atoms with Gasteiger partial charge in [-0.2, -0.15) is 0 Å². The molecular formula is C20H28ClN3O2. The predicted molar refractivity (Wildman–Crippen MR) is 105 cm³/mol. The summed E-state index contributed by atoms with van der Waals surface area (Å²) >= 11 is 6.10. The Balaban J connectivity index is 1.66. The fourth-order valence-electron chi connectivity index (χ4n) is 3.97. The van der Waals surface area contributed by atoms with Crippen molar-refractivity contribution in [3.63, 3.8) is 0 Å². The highest BCUT2D eigenvalue weighted by molar-refractivity contribution is 6.31. The van der Waals surface area contributed by atoms with Crippen LogP contribution < -0.4 is 10.6 Å². The molecule has 2 aliphatic heterocycles. The molecule has 1 atom stereocenters. The second-order valence-corrected chi connectivity index (χ2v) is 7.94. The Morgan fingerprint density at radius 1 is 1.27 bits per heavy atom. The van der Waals surface area contributed by atoms with E-state index in [0.29, 0.717) is 34.5 Å². The second-order valence-electron chi connectivity index (χ2n) is 7.51. The number of likely N-dealkylation sites (tertiary alicyclic amines) is 1. The first-order valence-corrected chi connectivity index (χ1v) is 10.0. The molecule has 0 saturated carbocycles. The minimum atomic E-state index is -0.0493. The molecule has 26 heavy (non-hydrogen) atoms. The molecule has 1 aromatic carbocycles. The Labute approximate surface area is 160 Å². The fourth-order valence-corrected chi connectivity index (χ4v) is 4.14. The van der Waals surface area contributed by atoms with Crippen LogP contribution in [0, 0.1) is 11.8 Å². The van der Waals surface area contributed by atoms with E-state index in [1.165, 1.54) is 0 Å². The average molecular weight is 378 g/mol. The van der Waals surface area contributed by atoms with Crippen molar-refractivity contribution < 1.29 is 9.59 Å². The van der Waals surface area contributed by atoms with Gasteiger partial charge in [0, 0.05) is 24.5 Å². The smallest absolute Gasteiger partial charge is 0.256 e. The van der Waals surface area contributed by atoms with Crippen molar-refractivity contribution in [2.24, 2.45) is 11.8 Å². The molecule has 0 bridgehead atoms. The van der Waals surface area contributed by atoms with E-state index in [1.807, 2.05) is 4.90 Å². The Morgan fingerprint density at radius 3 is 2.65 bits per heavy atom. The van der Waals surface area contributed by atoms with Gasteiger partial charge < -0.3 is 15.5 Å². The van der Waals surface area contributed by atoms with Gasteiger partial charge >= 0.3 is 0 Å². The number of benzene rings is 1. The van der Waals surface area contributed by atoms with E-state index in [2.05, 4.69) is 17.6 Å². The number of carbonyl (C=O) groups is 2. The maximum Gasteiger partial charge on any atom is 0.256 e. The Bertz CT molecular complexity index is 652. The van der Waals surface area contributed by atoms with Crippen LogP contribution in [0.25, 0.3) is 0 Å². The molecule has 0 spiro atoms. The minimum Gasteiger partial charge on any atom is -0.339 e. The number of hydrogen-bond donors (Lipinski definition) is 2. The van der Waals surface area contributed by atoms with Gasteiger partial charge in [0.2, 0.25) is 5.91 Å². The van der Waals surface area contributed by atoms with Crippen molar-refractivity contribution in [3.05, 3.63) is 28.8 Å². The van der Waals surface area contributed by atoms with Crippen molar-refractivity contribution in [1.82, 2.24) is 10.2 Å². The number of nitrogens with zero attached hydrogens (tertiary/aromatic N) is 1. The third-order valence-corrected chi connectivity index (χ3v) is 5.81. The summed E-state index contributed by atoms with van der Waals surface area (Å²) in [6.45, 7) is 5.75. The minimum absolute atomic E-state index is 0.0335. The summed E-state index contributed by atoms with van der Waals surface area (Å²) in [5.41, 5.74) is 1.05. The lowest BCUT2D eigenvalue weighted by atomic mass is 9.84. The third-order valence-electron chi connectivity index (χ3n) is 5.58. The normalized spacial score (nSPS) is 19.4. The summed E-state index contributed by atoms with van der Waals surface area (Å²) in [5.74, 6) is 0.834. The molecule has 6 heteroatoms. The van der Waals surface area contributed by atoms with Crippen LogP contribution >= 0.6 is 11.6 Å². The summed E-state index contributed by atoms with van der Waals surface area (Å²) in [4.78, 5) is 27.2. The number of anilines is 1. The van der Waals surface area contributed by atoms with Crippen LogP contribution in [0.5, 0.6) is 0 Å². The van der Waals surface area contributed by atoms with Gasteiger partial charge in [-0.25, -0.2) is 0 Å². The van der Waals surface area contributed by atoms with Crippen molar-refractivity contribution in [1.29, 1.82) is 0 Å². The molecule has 2 N–H and O–H groups in total. The van der Waals surface area contributed by atoms with E-state index in [-0.39, 0.29) is 11.8 Å². The standard InChI is InChI=1S/C20H28ClN3O2/c1-14(15-6-8-22-9-7-15)12-19(25)23-18-5-4-16(21)13-17(18)20(26)24-10-2-3-11-24/h4-5,13-15,22H,2-3,6-12H2,1H3,(H,23,25). The molecule has 3 rings (SSSR count). The van der Waals surface area contributed by atoms with Crippen molar-refractivity contribution >= 4 is 29.1 Å². The molecule has 2 heterocycles. The van der Waals surface area contributed by atoms with Crippen LogP contribution in [0.2, 0.25) is 5.02 Å². The average Bonchev–Trinajstić information content (AvgIpc) is 3.18. The number of halogens is 1. The molecule has 2 saturated heterocycles. The number of piperidine rings is 1. The molecule has 1 unspecified atom stereocenters. The van der Waals surface area contributed by atoms with E-state index < -0.39 is 0 Å². The zero-order valence-corrected chi connectivity index (χ0v) is 16.1. The van der Waals surface area contributed by atoms with E-state index in [4.69, 9.17) is 11.6 Å². The first-order valence-electron chi connectivity index (χ1n) is 9.64. The van der Waals surface area contributed by atoms with Crippen LogP contribution in [0.4, 0.5) is 5.69 Å². The Kier molecular flexibility index (Phi) is 6.54. The maximum atomic E-state index is 12.8. The summed E-state index contributed by atoms with van der Waals surface area (Å²) in [5, 5.41) is 6.82. The Hall–Kier alpha value is -1.59. The third kappa shape index (κ3) is 4.77. The lowest BCUT2D eigenvalue weighted by Crippen LogP contribution is -2.32. The van der Waals surface area contributed by atoms with Crippen molar-refractivity contribution in [2.75, 3.05) is 31.5 Å². The summed E-state index contributed by atoms with van der Waals surface area (Å²) < 4.78 is 0. The van der Waals surface area contributed by atoms with Gasteiger partial charge in [-0.1, -0.05) is 18.5 Å². The molecule has 1 aromatic rings. The quantitative estimate of drug-likeness (QED) is 0.825. The van der Waals surface area contributed by atoms with Crippen LogP contribution in [0.1, 0.15) is 49.4 Å². The van der Waals surface area contributed by atoms with Gasteiger partial charge in [0.15, 0.2) is 0 Å². The second kappa shape index (κ2) is 8.87. The number of nitrogens with one attached hydrogen (secondary N) is 2. The van der Waals surface area contributed by atoms with Crippen LogP contribution in [0.3, 0.4) is 0 Å². The predicted octanol–water partition coefficient (Wildman–Crippen LogP) is 3.54. The molecule has 142 valence electrons. The van der Waals surface area contributed by atoms with Gasteiger partial charge in [-0.15, -0.1) is 0 Å². The molecular weight excluding hydrogens is 350 g/mol. The number of rotatable bonds is 5. The van der Waals surface area contributed by atoms with Crippen molar-refractivity contribution in [3.8, 4) is 0 Å². The molecule has 2 fully saturated rings. The van der Waals surface area contributed by atoms with E-state index in [0.717, 1.165) is 51.9 Å². The number of amides is 2. The molecule has 0 aliphatic carbocycles. The van der Waals surface area contributed by atoms with Crippen LogP contribution in [-0.2, 0) is 4.79 Å². The molecule has 2 aliphatic rings. The summed E-state index contributed by atoms with van der Waals surface area (Å²) in [6, 6.07) is 5.11. The van der Waals surface area contributed by atoms with E-state index in [9.17, 15) is 9.59 Å². The van der Waals surface area contributed by atoms with Gasteiger partial charge in [0.1, 0.15) is 0 Å². The molecule has 5 nitrogen and oxygen atoms in total. The van der Waals surface area contributed by atoms with Crippen LogP contribution in [-0.4, -0.2) is 42.9 Å². The molecule has 2 amide bonds. The zero-order valence-electron chi connectivity index (χ0n) is 15.4. The fraction of sp³-hybridized carbons (Fsp3) is 0.600. The highest BCUT2D eigenvalue weighted by Crippen LogP contribution is 2.27. The van der Waals surface area contributed by atoms with Crippen LogP contribution in [0.15, 0.2) is 18.2 Å². The highest BCUT2D eigenvalue weighted by atomic mass is 35.5. The summed E-state index contributed by atoms with van der Waals surface area (Å²) in [6.07, 6.45) is 4.77.